The van der Waals surface area contributed by atoms with Crippen molar-refractivity contribution in [3.8, 4) is 0 Å². The van der Waals surface area contributed by atoms with E-state index in [9.17, 15) is 28.8 Å². The second kappa shape index (κ2) is 28.5. The first-order valence-corrected chi connectivity index (χ1v) is 27.7. The molecule has 430 valence electrons. The molecule has 8 bridgehead atoms. The lowest BCUT2D eigenvalue weighted by Gasteiger charge is -2.13. The maximum atomic E-state index is 14.1. The van der Waals surface area contributed by atoms with Gasteiger partial charge in [0.2, 0.25) is 11.8 Å². The lowest BCUT2D eigenvalue weighted by atomic mass is 9.98. The molecule has 5 aromatic rings. The highest BCUT2D eigenvalue weighted by Crippen LogP contribution is 2.39. The van der Waals surface area contributed by atoms with E-state index in [1.807, 2.05) is 58.0 Å². The van der Waals surface area contributed by atoms with Crippen molar-refractivity contribution in [3.63, 3.8) is 0 Å². The summed E-state index contributed by atoms with van der Waals surface area (Å²) in [6.07, 6.45) is 6.31. The molecule has 2 aliphatic rings. The smallest absolute Gasteiger partial charge is 0.251 e. The predicted octanol–water partition coefficient (Wildman–Crippen LogP) is 7.23. The molecule has 0 spiro atoms. The van der Waals surface area contributed by atoms with E-state index in [4.69, 9.17) is 32.9 Å². The van der Waals surface area contributed by atoms with Gasteiger partial charge in [-0.1, -0.05) is 25.3 Å². The molecule has 2 aliphatic heterocycles. The van der Waals surface area contributed by atoms with Crippen LogP contribution in [0.25, 0.3) is 56.5 Å². The van der Waals surface area contributed by atoms with Crippen LogP contribution in [0.5, 0.6) is 0 Å². The van der Waals surface area contributed by atoms with Gasteiger partial charge in [-0.2, -0.15) is 0 Å². The van der Waals surface area contributed by atoms with E-state index in [1.54, 1.807) is 6.08 Å². The number of nitrogens with zero attached hydrogens (tertiary/aromatic N) is 2. The third-order valence-corrected chi connectivity index (χ3v) is 14.4. The first-order valence-electron chi connectivity index (χ1n) is 27.7. The number of aromatic amines is 2. The number of fused-ring (bicyclic) bond motifs is 8. The number of aryl methyl sites for hydroxylation is 2. The van der Waals surface area contributed by atoms with Gasteiger partial charge >= 0.3 is 0 Å². The molecule has 7 rings (SSSR count). The van der Waals surface area contributed by atoms with Crippen LogP contribution in [-0.2, 0) is 9.59 Å². The Bertz CT molecular complexity index is 3470. The topological polar surface area (TPSA) is 336 Å². The normalized spacial score (nSPS) is 12.0. The highest BCUT2D eigenvalue weighted by Gasteiger charge is 2.24. The molecule has 20 heteroatoms. The van der Waals surface area contributed by atoms with Crippen molar-refractivity contribution in [1.82, 2.24) is 41.2 Å². The number of nitrogens with two attached hydrogens (primary N) is 4. The molecule has 0 radical (unpaired) electrons. The molecule has 0 saturated carbocycles. The second-order valence-electron chi connectivity index (χ2n) is 20.2. The Hall–Kier alpha value is -8.82. The predicted molar refractivity (Wildman–Crippen MR) is 328 cm³/mol. The number of benzene rings is 2. The molecule has 3 aromatic heterocycles. The average Bonchev–Trinajstić information content (AvgIpc) is 3.75. The van der Waals surface area contributed by atoms with E-state index in [-0.39, 0.29) is 71.1 Å². The number of carbonyl (C=O) groups excluding carboxylic acids is 6. The molecule has 16 N–H and O–H groups in total. The molecule has 5 heterocycles. The molecule has 2 aromatic carbocycles. The fraction of sp³-hybridized carbons (Fsp3) is 0.323. The van der Waals surface area contributed by atoms with E-state index < -0.39 is 23.6 Å². The van der Waals surface area contributed by atoms with Gasteiger partial charge in [0, 0.05) is 106 Å². The Morgan fingerprint density at radius 2 is 0.780 bits per heavy atom. The summed E-state index contributed by atoms with van der Waals surface area (Å²) >= 11 is 0. The van der Waals surface area contributed by atoms with Crippen molar-refractivity contribution in [2.45, 2.75) is 79.1 Å². The van der Waals surface area contributed by atoms with Gasteiger partial charge in [0.05, 0.1) is 22.8 Å². The standard InChI is InChI=1S/C62H76N14O6/c1-7-45-35(3)49-31-50-37(5)47(13-15-57(77)71-43-27-39(59(79)67-21-9-17-63)25-40(28-43)60(80)68-22-10-18-64)55(75-50)34-56-48(38(6)52(76-56)33-54-46(8-2)36(4)51(74-54)32-53(45)73-49)14-16-58(78)72-44-29-41(61(81)69-23-11-19-65)26-42(30-44)62(82)70-24-12-20-66/h7-8,25-34,73-74H,1-2,9-24,63-66H2,3-6H3,(H,67,79)(H,68,80)(H,69,81)(H,70,82)(H,71,77)(H,72,78). The van der Waals surface area contributed by atoms with Crippen LogP contribution in [0.1, 0.15) is 152 Å². The zero-order chi connectivity index (χ0) is 59.0. The summed E-state index contributed by atoms with van der Waals surface area (Å²) in [5.74, 6) is -2.42. The summed E-state index contributed by atoms with van der Waals surface area (Å²) in [6, 6.07) is 17.0. The summed E-state index contributed by atoms with van der Waals surface area (Å²) in [5, 5.41) is 17.1. The van der Waals surface area contributed by atoms with Crippen LogP contribution in [0.3, 0.4) is 0 Å². The zero-order valence-electron chi connectivity index (χ0n) is 47.3. The number of allylic oxidation sites excluding steroid dienone is 4. The van der Waals surface area contributed by atoms with Gasteiger partial charge in [-0.25, -0.2) is 9.97 Å². The van der Waals surface area contributed by atoms with E-state index >= 15 is 0 Å². The molecule has 0 atom stereocenters. The van der Waals surface area contributed by atoms with Crippen LogP contribution in [0.2, 0.25) is 0 Å². The van der Waals surface area contributed by atoms with E-state index in [0.717, 1.165) is 66.6 Å². The van der Waals surface area contributed by atoms with Crippen LogP contribution in [0.15, 0.2) is 73.8 Å². The summed E-state index contributed by atoms with van der Waals surface area (Å²) in [5.41, 5.74) is 36.6. The summed E-state index contributed by atoms with van der Waals surface area (Å²) in [6.45, 7) is 19.1. The molecule has 6 amide bonds. The van der Waals surface area contributed by atoms with Crippen LogP contribution >= 0.6 is 0 Å². The summed E-state index contributed by atoms with van der Waals surface area (Å²) in [7, 11) is 0. The van der Waals surface area contributed by atoms with Gasteiger partial charge in [-0.05, 0) is 186 Å². The Morgan fingerprint density at radius 3 is 1.12 bits per heavy atom. The number of aromatic nitrogens is 4. The highest BCUT2D eigenvalue weighted by atomic mass is 16.2. The Balaban J connectivity index is 1.27. The maximum absolute atomic E-state index is 14.1. The third-order valence-electron chi connectivity index (χ3n) is 14.4. The van der Waals surface area contributed by atoms with E-state index in [2.05, 4.69) is 55.0 Å². The van der Waals surface area contributed by atoms with Crippen molar-refractivity contribution in [3.05, 3.63) is 141 Å². The zero-order valence-corrected chi connectivity index (χ0v) is 47.3. The number of amides is 6. The van der Waals surface area contributed by atoms with Crippen LogP contribution in [0.4, 0.5) is 11.4 Å². The van der Waals surface area contributed by atoms with Crippen molar-refractivity contribution in [1.29, 1.82) is 0 Å². The molecule has 0 fully saturated rings. The minimum absolute atomic E-state index is 0.00913. The largest absolute Gasteiger partial charge is 0.355 e. The fourth-order valence-corrected chi connectivity index (χ4v) is 9.77. The average molecular weight is 1110 g/mol. The third kappa shape index (κ3) is 14.9. The van der Waals surface area contributed by atoms with E-state index in [0.29, 0.717) is 101 Å². The number of nitrogens with one attached hydrogen (secondary N) is 8. The molecule has 20 nitrogen and oxygen atoms in total. The molecule has 0 aliphatic carbocycles. The van der Waals surface area contributed by atoms with Crippen LogP contribution in [0, 0.1) is 13.8 Å². The number of hydrogen-bond acceptors (Lipinski definition) is 12. The molecule has 0 saturated heterocycles. The molecular formula is C62H76N14O6. The second-order valence-corrected chi connectivity index (χ2v) is 20.2. The Morgan fingerprint density at radius 1 is 0.451 bits per heavy atom. The molecule has 82 heavy (non-hydrogen) atoms. The number of rotatable bonds is 26. The lowest BCUT2D eigenvalue weighted by Crippen LogP contribution is -2.28. The number of hydrogen-bond donors (Lipinski definition) is 12. The van der Waals surface area contributed by atoms with Gasteiger partial charge in [0.15, 0.2) is 0 Å². The number of carbonyl (C=O) groups is 6. The van der Waals surface area contributed by atoms with Gasteiger partial charge in [0.1, 0.15) is 0 Å². The number of H-pyrrole nitrogens is 2. The van der Waals surface area contributed by atoms with Gasteiger partial charge in [0.25, 0.3) is 23.6 Å². The maximum Gasteiger partial charge on any atom is 0.251 e. The van der Waals surface area contributed by atoms with Crippen molar-refractivity contribution in [2.75, 3.05) is 63.0 Å². The highest BCUT2D eigenvalue weighted by molar-refractivity contribution is 6.05. The first kappa shape index (κ1) is 60.8. The van der Waals surface area contributed by atoms with Crippen molar-refractivity contribution >= 4 is 103 Å². The Kier molecular flexibility index (Phi) is 21.2. The van der Waals surface area contributed by atoms with Gasteiger partial charge in [-0.3, -0.25) is 28.8 Å². The first-order chi connectivity index (χ1) is 39.5. The number of anilines is 2. The Labute approximate surface area is 477 Å². The quantitative estimate of drug-likeness (QED) is 0.0244. The van der Waals surface area contributed by atoms with Crippen LogP contribution in [-0.4, -0.2) is 108 Å². The van der Waals surface area contributed by atoms with Crippen molar-refractivity contribution < 1.29 is 28.8 Å². The molecule has 0 unspecified atom stereocenters. The summed E-state index contributed by atoms with van der Waals surface area (Å²) < 4.78 is 0. The minimum Gasteiger partial charge on any atom is -0.355 e. The van der Waals surface area contributed by atoms with Gasteiger partial charge < -0.3 is 64.8 Å². The lowest BCUT2D eigenvalue weighted by molar-refractivity contribution is -0.116. The fourth-order valence-electron chi connectivity index (χ4n) is 9.77. The monoisotopic (exact) mass is 1110 g/mol. The minimum atomic E-state index is -0.419. The van der Waals surface area contributed by atoms with Crippen LogP contribution < -0.4 is 54.8 Å². The summed E-state index contributed by atoms with van der Waals surface area (Å²) in [4.78, 5) is 98.9. The SMILES string of the molecule is C=Cc1c(C)c2cc3[nH]c(cc4nc(cc5nc(cc1[nH]2)C(C)=C5CCC(=O)Nc1cc(C(=O)NCCCN)cc(C(=O)NCCCN)c1)C(CCC(=O)Nc1cc(C(=O)NCCCN)cc(C(=O)NCCCN)c1)=C4C)c(C)c3C=C. The van der Waals surface area contributed by atoms with E-state index in [1.165, 1.54) is 36.4 Å². The van der Waals surface area contributed by atoms with Gasteiger partial charge in [-0.15, -0.1) is 0 Å². The molecular weight excluding hydrogens is 1040 g/mol. The van der Waals surface area contributed by atoms with Crippen molar-refractivity contribution in [2.24, 2.45) is 22.9 Å².